The van der Waals surface area contributed by atoms with Gasteiger partial charge in [0.25, 0.3) is 0 Å². The van der Waals surface area contributed by atoms with E-state index >= 15 is 0 Å². The van der Waals surface area contributed by atoms with Gasteiger partial charge in [-0.25, -0.2) is 9.97 Å². The zero-order valence-electron chi connectivity index (χ0n) is 15.3. The first-order chi connectivity index (χ1) is 13.9. The van der Waals surface area contributed by atoms with Crippen LogP contribution in [0.3, 0.4) is 0 Å². The van der Waals surface area contributed by atoms with Crippen LogP contribution in [-0.2, 0) is 11.2 Å². The lowest BCUT2D eigenvalue weighted by Gasteiger charge is -2.09. The van der Waals surface area contributed by atoms with E-state index in [-0.39, 0.29) is 18.2 Å². The fourth-order valence-corrected chi connectivity index (χ4v) is 2.48. The monoisotopic (exact) mass is 405 g/mol. The standard InChI is InChI=1S/C20H18F3N3O3/c21-20(22,23)13-28-18-10-9-15(11-24-18)26-17(27)7-4-8-19-25-12-16(29-19)14-5-2-1-3-6-14/h1-3,5-6,9-12H,4,7-8,13H2,(H,26,27). The molecular weight excluding hydrogens is 387 g/mol. The quantitative estimate of drug-likeness (QED) is 0.591. The molecule has 0 saturated heterocycles. The first-order valence-corrected chi connectivity index (χ1v) is 8.85. The number of carbonyl (C=O) groups excluding carboxylic acids is 1. The third-order valence-corrected chi connectivity index (χ3v) is 3.81. The maximum absolute atomic E-state index is 12.1. The summed E-state index contributed by atoms with van der Waals surface area (Å²) >= 11 is 0. The number of amides is 1. The Labute approximate surface area is 164 Å². The van der Waals surface area contributed by atoms with Crippen LogP contribution in [0.2, 0.25) is 0 Å². The van der Waals surface area contributed by atoms with Crippen molar-refractivity contribution in [2.24, 2.45) is 0 Å². The lowest BCUT2D eigenvalue weighted by atomic mass is 10.2. The van der Waals surface area contributed by atoms with Gasteiger partial charge < -0.3 is 14.5 Å². The smallest absolute Gasteiger partial charge is 0.422 e. The van der Waals surface area contributed by atoms with Crippen LogP contribution < -0.4 is 10.1 Å². The Balaban J connectivity index is 1.42. The van der Waals surface area contributed by atoms with Crippen LogP contribution in [0.4, 0.5) is 18.9 Å². The predicted molar refractivity (Wildman–Crippen MR) is 99.3 cm³/mol. The highest BCUT2D eigenvalue weighted by Crippen LogP contribution is 2.21. The Kier molecular flexibility index (Phi) is 6.48. The molecule has 2 aromatic heterocycles. The van der Waals surface area contributed by atoms with Crippen LogP contribution in [0.15, 0.2) is 59.3 Å². The largest absolute Gasteiger partial charge is 0.468 e. The summed E-state index contributed by atoms with van der Waals surface area (Å²) in [6.07, 6.45) is -0.277. The molecule has 0 radical (unpaired) electrons. The molecule has 0 saturated carbocycles. The van der Waals surface area contributed by atoms with E-state index < -0.39 is 12.8 Å². The molecule has 2 heterocycles. The van der Waals surface area contributed by atoms with Gasteiger partial charge >= 0.3 is 6.18 Å². The van der Waals surface area contributed by atoms with Crippen molar-refractivity contribution in [1.82, 2.24) is 9.97 Å². The fourth-order valence-electron chi connectivity index (χ4n) is 2.48. The first kappa shape index (κ1) is 20.4. The van der Waals surface area contributed by atoms with Crippen LogP contribution >= 0.6 is 0 Å². The normalized spacial score (nSPS) is 11.3. The summed E-state index contributed by atoms with van der Waals surface area (Å²) in [4.78, 5) is 19.9. The van der Waals surface area contributed by atoms with E-state index in [9.17, 15) is 18.0 Å². The average Bonchev–Trinajstić information content (AvgIpc) is 3.16. The summed E-state index contributed by atoms with van der Waals surface area (Å²) < 4.78 is 46.5. The van der Waals surface area contributed by atoms with E-state index in [2.05, 4.69) is 20.0 Å². The van der Waals surface area contributed by atoms with Crippen LogP contribution in [0, 0.1) is 0 Å². The summed E-state index contributed by atoms with van der Waals surface area (Å²) in [6, 6.07) is 12.3. The minimum Gasteiger partial charge on any atom is -0.468 e. The zero-order chi connectivity index (χ0) is 20.7. The van der Waals surface area contributed by atoms with E-state index in [1.165, 1.54) is 18.3 Å². The van der Waals surface area contributed by atoms with Gasteiger partial charge in [0.1, 0.15) is 0 Å². The highest BCUT2D eigenvalue weighted by atomic mass is 19.4. The predicted octanol–water partition coefficient (Wildman–Crippen LogP) is 4.64. The molecule has 0 aliphatic carbocycles. The number of rotatable bonds is 8. The molecule has 0 aliphatic rings. The lowest BCUT2D eigenvalue weighted by molar-refractivity contribution is -0.154. The average molecular weight is 405 g/mol. The van der Waals surface area contributed by atoms with Crippen molar-refractivity contribution in [2.45, 2.75) is 25.4 Å². The number of pyridine rings is 1. The third-order valence-electron chi connectivity index (χ3n) is 3.81. The molecule has 0 aliphatic heterocycles. The summed E-state index contributed by atoms with van der Waals surface area (Å²) in [6.45, 7) is -1.42. The van der Waals surface area contributed by atoms with Gasteiger partial charge in [0.05, 0.1) is 18.1 Å². The van der Waals surface area contributed by atoms with Gasteiger partial charge in [-0.05, 0) is 12.5 Å². The molecule has 3 aromatic rings. The molecule has 0 atom stereocenters. The van der Waals surface area contributed by atoms with Crippen molar-refractivity contribution >= 4 is 11.6 Å². The molecule has 1 amide bonds. The zero-order valence-corrected chi connectivity index (χ0v) is 15.3. The highest BCUT2D eigenvalue weighted by Gasteiger charge is 2.28. The van der Waals surface area contributed by atoms with E-state index in [0.29, 0.717) is 30.2 Å². The molecule has 3 rings (SSSR count). The second-order valence-electron chi connectivity index (χ2n) is 6.17. The number of alkyl halides is 3. The Bertz CT molecular complexity index is 925. The van der Waals surface area contributed by atoms with Gasteiger partial charge in [-0.2, -0.15) is 13.2 Å². The maximum Gasteiger partial charge on any atom is 0.422 e. The molecule has 1 N–H and O–H groups in total. The summed E-state index contributed by atoms with van der Waals surface area (Å²) in [7, 11) is 0. The molecule has 0 unspecified atom stereocenters. The van der Waals surface area contributed by atoms with Gasteiger partial charge in [0, 0.05) is 24.5 Å². The number of ether oxygens (including phenoxy) is 1. The van der Waals surface area contributed by atoms with E-state index in [0.717, 1.165) is 5.56 Å². The molecule has 0 spiro atoms. The molecule has 6 nitrogen and oxygen atoms in total. The Morgan fingerprint density at radius 3 is 2.55 bits per heavy atom. The SMILES string of the molecule is O=C(CCCc1ncc(-c2ccccc2)o1)Nc1ccc(OCC(F)(F)F)nc1. The van der Waals surface area contributed by atoms with E-state index in [1.54, 1.807) is 6.20 Å². The minimum absolute atomic E-state index is 0.168. The molecule has 0 fully saturated rings. The number of nitrogens with zero attached hydrogens (tertiary/aromatic N) is 2. The Hall–Kier alpha value is -3.36. The van der Waals surface area contributed by atoms with Crippen molar-refractivity contribution in [3.63, 3.8) is 0 Å². The molecule has 152 valence electrons. The second kappa shape index (κ2) is 9.22. The van der Waals surface area contributed by atoms with Crippen LogP contribution in [0.1, 0.15) is 18.7 Å². The Morgan fingerprint density at radius 1 is 1.07 bits per heavy atom. The van der Waals surface area contributed by atoms with E-state index in [1.807, 2.05) is 30.3 Å². The number of oxazole rings is 1. The molecule has 29 heavy (non-hydrogen) atoms. The molecule has 9 heteroatoms. The maximum atomic E-state index is 12.1. The molecule has 0 bridgehead atoms. The van der Waals surface area contributed by atoms with Crippen LogP contribution in [0.25, 0.3) is 11.3 Å². The third kappa shape index (κ3) is 6.63. The lowest BCUT2D eigenvalue weighted by Crippen LogP contribution is -2.19. The number of aryl methyl sites for hydroxylation is 1. The topological polar surface area (TPSA) is 77.2 Å². The van der Waals surface area contributed by atoms with Crippen molar-refractivity contribution in [3.8, 4) is 17.2 Å². The van der Waals surface area contributed by atoms with Crippen molar-refractivity contribution in [3.05, 3.63) is 60.7 Å². The molecular formula is C20H18F3N3O3. The summed E-state index contributed by atoms with van der Waals surface area (Å²) in [5.41, 5.74) is 1.30. The van der Waals surface area contributed by atoms with Gasteiger partial charge in [-0.15, -0.1) is 0 Å². The fraction of sp³-hybridized carbons (Fsp3) is 0.250. The number of halogens is 3. The van der Waals surface area contributed by atoms with Crippen LogP contribution in [-0.4, -0.2) is 28.7 Å². The number of nitrogens with one attached hydrogen (secondary N) is 1. The molecule has 1 aromatic carbocycles. The van der Waals surface area contributed by atoms with Gasteiger partial charge in [0.2, 0.25) is 11.8 Å². The van der Waals surface area contributed by atoms with Gasteiger partial charge in [0.15, 0.2) is 18.3 Å². The van der Waals surface area contributed by atoms with Gasteiger partial charge in [-0.3, -0.25) is 4.79 Å². The second-order valence-corrected chi connectivity index (χ2v) is 6.17. The van der Waals surface area contributed by atoms with Gasteiger partial charge in [-0.1, -0.05) is 30.3 Å². The first-order valence-electron chi connectivity index (χ1n) is 8.85. The number of anilines is 1. The number of carbonyl (C=O) groups is 1. The number of hydrogen-bond donors (Lipinski definition) is 1. The van der Waals surface area contributed by atoms with Crippen molar-refractivity contribution in [1.29, 1.82) is 0 Å². The highest BCUT2D eigenvalue weighted by molar-refractivity contribution is 5.90. The number of aromatic nitrogens is 2. The summed E-state index contributed by atoms with van der Waals surface area (Å²) in [5, 5.41) is 2.63. The number of hydrogen-bond acceptors (Lipinski definition) is 5. The Morgan fingerprint density at radius 2 is 1.86 bits per heavy atom. The van der Waals surface area contributed by atoms with Crippen molar-refractivity contribution in [2.75, 3.05) is 11.9 Å². The van der Waals surface area contributed by atoms with E-state index in [4.69, 9.17) is 4.42 Å². The van der Waals surface area contributed by atoms with Crippen molar-refractivity contribution < 1.29 is 27.1 Å². The number of benzene rings is 1. The minimum atomic E-state index is -4.43. The van der Waals surface area contributed by atoms with Crippen LogP contribution in [0.5, 0.6) is 5.88 Å². The summed E-state index contributed by atoms with van der Waals surface area (Å²) in [5.74, 6) is 0.803.